The van der Waals surface area contributed by atoms with E-state index in [1.807, 2.05) is 0 Å². The van der Waals surface area contributed by atoms with Crippen molar-refractivity contribution in [1.82, 2.24) is 16.0 Å². The Morgan fingerprint density at radius 1 is 0.941 bits per heavy atom. The lowest BCUT2D eigenvalue weighted by Gasteiger charge is -2.27. The number of aromatic hydroxyl groups is 1. The average molecular weight is 477 g/mol. The Labute approximate surface area is 199 Å². The van der Waals surface area contributed by atoms with Gasteiger partial charge in [0.15, 0.2) is 5.96 Å². The molecule has 0 heterocycles. The van der Waals surface area contributed by atoms with Gasteiger partial charge >= 0.3 is 0 Å². The number of rotatable bonds is 13. The summed E-state index contributed by atoms with van der Waals surface area (Å²) in [6.45, 7) is 7.39. The van der Waals surface area contributed by atoms with Crippen molar-refractivity contribution < 1.29 is 24.3 Å². The van der Waals surface area contributed by atoms with Crippen LogP contribution in [0.25, 0.3) is 0 Å². The summed E-state index contributed by atoms with van der Waals surface area (Å²) in [4.78, 5) is 53.6. The van der Waals surface area contributed by atoms with Crippen molar-refractivity contribution in [2.24, 2.45) is 28.3 Å². The molecule has 1 aromatic rings. The number of nitrogens with zero attached hydrogens (tertiary/aromatic N) is 1. The molecule has 1 rings (SSSR count). The SMILES string of the molecule is CC(C)C(NC(=O)c1ccc(O)cc1)C(=O)NC(C(=O)NC(C=O)CCCN=C(N)N)C(C)C. The van der Waals surface area contributed by atoms with E-state index < -0.39 is 35.8 Å². The summed E-state index contributed by atoms with van der Waals surface area (Å²) in [6.07, 6.45) is 1.45. The molecule has 34 heavy (non-hydrogen) atoms. The number of hydrogen-bond acceptors (Lipinski definition) is 6. The topological polar surface area (TPSA) is 189 Å². The van der Waals surface area contributed by atoms with Crippen LogP contribution in [0.2, 0.25) is 0 Å². The predicted molar refractivity (Wildman–Crippen MR) is 129 cm³/mol. The van der Waals surface area contributed by atoms with Crippen LogP contribution in [0.5, 0.6) is 5.75 Å². The van der Waals surface area contributed by atoms with Gasteiger partial charge in [-0.3, -0.25) is 19.4 Å². The summed E-state index contributed by atoms with van der Waals surface area (Å²) in [5.74, 6) is -2.09. The molecule has 0 bridgehead atoms. The van der Waals surface area contributed by atoms with Crippen molar-refractivity contribution in [3.05, 3.63) is 29.8 Å². The molecule has 0 aromatic heterocycles. The predicted octanol–water partition coefficient (Wildman–Crippen LogP) is 0.0247. The molecule has 11 heteroatoms. The molecule has 0 fully saturated rings. The number of phenolic OH excluding ortho intramolecular Hbond substituents is 1. The molecule has 0 spiro atoms. The molecule has 3 atom stereocenters. The molecule has 0 saturated heterocycles. The van der Waals surface area contributed by atoms with E-state index in [9.17, 15) is 24.3 Å². The second-order valence-electron chi connectivity index (χ2n) is 8.67. The number of aldehydes is 1. The maximum atomic E-state index is 13.0. The highest BCUT2D eigenvalue weighted by molar-refractivity contribution is 5.98. The number of hydrogen-bond donors (Lipinski definition) is 6. The van der Waals surface area contributed by atoms with Crippen LogP contribution in [0.1, 0.15) is 50.9 Å². The van der Waals surface area contributed by atoms with Crippen LogP contribution in [-0.4, -0.2) is 59.7 Å². The molecule has 11 nitrogen and oxygen atoms in total. The normalized spacial score (nSPS) is 13.5. The van der Waals surface area contributed by atoms with Crippen LogP contribution < -0.4 is 27.4 Å². The Morgan fingerprint density at radius 2 is 1.47 bits per heavy atom. The number of benzene rings is 1. The summed E-state index contributed by atoms with van der Waals surface area (Å²) in [5, 5.41) is 17.4. The largest absolute Gasteiger partial charge is 0.508 e. The van der Waals surface area contributed by atoms with Crippen LogP contribution in [0.4, 0.5) is 0 Å². The number of nitrogens with two attached hydrogens (primary N) is 2. The minimum Gasteiger partial charge on any atom is -0.508 e. The fraction of sp³-hybridized carbons (Fsp3) is 0.522. The fourth-order valence-corrected chi connectivity index (χ4v) is 3.12. The van der Waals surface area contributed by atoms with Crippen molar-refractivity contribution in [2.45, 2.75) is 58.7 Å². The molecule has 0 radical (unpaired) electrons. The van der Waals surface area contributed by atoms with E-state index in [2.05, 4.69) is 20.9 Å². The lowest BCUT2D eigenvalue weighted by Crippen LogP contribution is -2.57. The zero-order chi connectivity index (χ0) is 25.8. The highest BCUT2D eigenvalue weighted by atomic mass is 16.3. The fourth-order valence-electron chi connectivity index (χ4n) is 3.12. The number of aliphatic imine (C=N–C) groups is 1. The second-order valence-corrected chi connectivity index (χ2v) is 8.67. The molecular weight excluding hydrogens is 440 g/mol. The van der Waals surface area contributed by atoms with E-state index in [1.54, 1.807) is 27.7 Å². The molecule has 0 aliphatic carbocycles. The molecule has 0 aliphatic rings. The minimum atomic E-state index is -0.917. The van der Waals surface area contributed by atoms with Crippen LogP contribution in [-0.2, 0) is 14.4 Å². The first kappa shape index (κ1) is 28.4. The van der Waals surface area contributed by atoms with Gasteiger partial charge in [-0.15, -0.1) is 0 Å². The number of nitrogens with one attached hydrogen (secondary N) is 3. The maximum absolute atomic E-state index is 13.0. The van der Waals surface area contributed by atoms with Gasteiger partial charge < -0.3 is 37.3 Å². The lowest BCUT2D eigenvalue weighted by molar-refractivity contribution is -0.132. The molecule has 3 unspecified atom stereocenters. The van der Waals surface area contributed by atoms with Crippen LogP contribution in [0, 0.1) is 11.8 Å². The first-order valence-corrected chi connectivity index (χ1v) is 11.2. The van der Waals surface area contributed by atoms with Gasteiger partial charge in [0.2, 0.25) is 11.8 Å². The highest BCUT2D eigenvalue weighted by Crippen LogP contribution is 2.12. The number of amides is 3. The smallest absolute Gasteiger partial charge is 0.251 e. The van der Waals surface area contributed by atoms with Crippen molar-refractivity contribution in [1.29, 1.82) is 0 Å². The third-order valence-corrected chi connectivity index (χ3v) is 5.07. The van der Waals surface area contributed by atoms with Crippen LogP contribution >= 0.6 is 0 Å². The van der Waals surface area contributed by atoms with E-state index >= 15 is 0 Å². The van der Waals surface area contributed by atoms with Gasteiger partial charge in [0, 0.05) is 12.1 Å². The molecule has 1 aromatic carbocycles. The Hall–Kier alpha value is -3.63. The summed E-state index contributed by atoms with van der Waals surface area (Å²) in [7, 11) is 0. The van der Waals surface area contributed by atoms with E-state index in [4.69, 9.17) is 11.5 Å². The van der Waals surface area contributed by atoms with Gasteiger partial charge in [-0.1, -0.05) is 27.7 Å². The number of carbonyl (C=O) groups is 4. The van der Waals surface area contributed by atoms with Gasteiger partial charge in [0.25, 0.3) is 5.91 Å². The van der Waals surface area contributed by atoms with Gasteiger partial charge in [-0.2, -0.15) is 0 Å². The monoisotopic (exact) mass is 476 g/mol. The molecule has 0 aliphatic heterocycles. The summed E-state index contributed by atoms with van der Waals surface area (Å²) in [5.41, 5.74) is 10.8. The number of carbonyl (C=O) groups excluding carboxylic acids is 4. The maximum Gasteiger partial charge on any atom is 0.251 e. The Balaban J connectivity index is 2.83. The Bertz CT molecular complexity index is 865. The van der Waals surface area contributed by atoms with E-state index in [1.165, 1.54) is 24.3 Å². The van der Waals surface area contributed by atoms with Crippen LogP contribution in [0.15, 0.2) is 29.3 Å². The third kappa shape index (κ3) is 9.47. The van der Waals surface area contributed by atoms with Gasteiger partial charge in [-0.05, 0) is 48.9 Å². The van der Waals surface area contributed by atoms with Crippen molar-refractivity contribution in [3.8, 4) is 5.75 Å². The Kier molecular flexibility index (Phi) is 11.5. The summed E-state index contributed by atoms with van der Waals surface area (Å²) in [6, 6.07) is 3.05. The second kappa shape index (κ2) is 13.8. The van der Waals surface area contributed by atoms with Crippen molar-refractivity contribution >= 4 is 30.0 Å². The minimum absolute atomic E-state index is 0.0188. The van der Waals surface area contributed by atoms with Crippen LogP contribution in [0.3, 0.4) is 0 Å². The molecule has 188 valence electrons. The molecular formula is C23H36N6O5. The quantitative estimate of drug-likeness (QED) is 0.100. The van der Waals surface area contributed by atoms with E-state index in [0.717, 1.165) is 0 Å². The lowest BCUT2D eigenvalue weighted by atomic mass is 9.99. The summed E-state index contributed by atoms with van der Waals surface area (Å²) < 4.78 is 0. The molecule has 3 amide bonds. The first-order chi connectivity index (χ1) is 16.0. The van der Waals surface area contributed by atoms with Crippen molar-refractivity contribution in [2.75, 3.05) is 6.54 Å². The molecule has 8 N–H and O–H groups in total. The van der Waals surface area contributed by atoms with E-state index in [-0.39, 0.29) is 29.1 Å². The number of phenols is 1. The van der Waals surface area contributed by atoms with E-state index in [0.29, 0.717) is 25.7 Å². The third-order valence-electron chi connectivity index (χ3n) is 5.07. The standard InChI is InChI=1S/C23H36N6O5/c1-13(2)18(21(33)27-16(12-30)6-5-11-26-23(24)25)29-22(34)19(14(3)4)28-20(32)15-7-9-17(31)10-8-15/h7-10,12-14,16,18-19,31H,5-6,11H2,1-4H3,(H,27,33)(H,28,32)(H,29,34)(H4,24,25,26). The zero-order valence-corrected chi connectivity index (χ0v) is 20.1. The first-order valence-electron chi connectivity index (χ1n) is 11.2. The molecule has 0 saturated carbocycles. The van der Waals surface area contributed by atoms with Gasteiger partial charge in [-0.25, -0.2) is 0 Å². The average Bonchev–Trinajstić information content (AvgIpc) is 2.77. The number of guanidine groups is 1. The van der Waals surface area contributed by atoms with Gasteiger partial charge in [0.1, 0.15) is 24.1 Å². The van der Waals surface area contributed by atoms with Crippen molar-refractivity contribution in [3.63, 3.8) is 0 Å². The highest BCUT2D eigenvalue weighted by Gasteiger charge is 2.31. The van der Waals surface area contributed by atoms with Gasteiger partial charge in [0.05, 0.1) is 6.04 Å². The Morgan fingerprint density at radius 3 is 1.97 bits per heavy atom. The summed E-state index contributed by atoms with van der Waals surface area (Å²) >= 11 is 0. The zero-order valence-electron chi connectivity index (χ0n) is 20.1.